The predicted octanol–water partition coefficient (Wildman–Crippen LogP) is 4.58. The van der Waals surface area contributed by atoms with Crippen LogP contribution in [0, 0.1) is 5.92 Å². The highest BCUT2D eigenvalue weighted by atomic mass is 15.0. The summed E-state index contributed by atoms with van der Waals surface area (Å²) < 4.78 is 0. The van der Waals surface area contributed by atoms with Crippen LogP contribution in [-0.2, 0) is 12.8 Å². The van der Waals surface area contributed by atoms with Crippen LogP contribution >= 0.6 is 0 Å². The highest BCUT2D eigenvalue weighted by molar-refractivity contribution is 5.16. The SMILES string of the molecule is CNC[C@H](Cc1ccccc1)NCC(CC1CCCCC1)NCCc1ccccc1. The first-order valence-electron chi connectivity index (χ1n) is 12.0. The van der Waals surface area contributed by atoms with E-state index >= 15 is 0 Å². The van der Waals surface area contributed by atoms with Gasteiger partial charge in [0.15, 0.2) is 0 Å². The highest BCUT2D eigenvalue weighted by Crippen LogP contribution is 2.27. The molecule has 0 heterocycles. The zero-order valence-electron chi connectivity index (χ0n) is 18.8. The number of hydrogen-bond acceptors (Lipinski definition) is 3. The molecule has 3 rings (SSSR count). The molecule has 0 aliphatic heterocycles. The minimum Gasteiger partial charge on any atom is -0.318 e. The molecule has 3 N–H and O–H groups in total. The van der Waals surface area contributed by atoms with Gasteiger partial charge in [0.25, 0.3) is 0 Å². The first-order valence-corrected chi connectivity index (χ1v) is 12.0. The molecule has 1 saturated carbocycles. The number of nitrogens with one attached hydrogen (secondary N) is 3. The van der Waals surface area contributed by atoms with Gasteiger partial charge in [-0.05, 0) is 49.9 Å². The van der Waals surface area contributed by atoms with Crippen molar-refractivity contribution in [3.8, 4) is 0 Å². The Hall–Kier alpha value is -1.68. The molecule has 3 heteroatoms. The molecule has 1 fully saturated rings. The van der Waals surface area contributed by atoms with Crippen LogP contribution in [0.4, 0.5) is 0 Å². The van der Waals surface area contributed by atoms with Gasteiger partial charge in [0.1, 0.15) is 0 Å². The van der Waals surface area contributed by atoms with Crippen LogP contribution in [0.3, 0.4) is 0 Å². The van der Waals surface area contributed by atoms with Crippen molar-refractivity contribution < 1.29 is 0 Å². The molecule has 164 valence electrons. The van der Waals surface area contributed by atoms with E-state index < -0.39 is 0 Å². The molecule has 1 aliphatic carbocycles. The van der Waals surface area contributed by atoms with Crippen molar-refractivity contribution in [1.29, 1.82) is 0 Å². The first-order chi connectivity index (χ1) is 14.8. The zero-order chi connectivity index (χ0) is 20.9. The lowest BCUT2D eigenvalue weighted by molar-refractivity contribution is 0.288. The molecule has 2 atom stereocenters. The zero-order valence-corrected chi connectivity index (χ0v) is 18.8. The van der Waals surface area contributed by atoms with E-state index in [1.54, 1.807) is 0 Å². The quantitative estimate of drug-likeness (QED) is 0.455. The molecule has 0 spiro atoms. The molecule has 3 nitrogen and oxygen atoms in total. The lowest BCUT2D eigenvalue weighted by Crippen LogP contribution is -2.47. The van der Waals surface area contributed by atoms with Gasteiger partial charge in [-0.2, -0.15) is 0 Å². The number of likely N-dealkylation sites (N-methyl/N-ethyl adjacent to an activating group) is 1. The normalized spacial score (nSPS) is 17.0. The minimum absolute atomic E-state index is 0.460. The predicted molar refractivity (Wildman–Crippen MR) is 129 cm³/mol. The second-order valence-corrected chi connectivity index (χ2v) is 8.98. The van der Waals surface area contributed by atoms with E-state index in [1.807, 2.05) is 0 Å². The standard InChI is InChI=1S/C27H41N3/c1-28-21-26(19-24-13-7-3-8-14-24)30-22-27(20-25-15-9-4-10-16-25)29-18-17-23-11-5-2-6-12-23/h2-3,5-8,11-14,25-30H,4,9-10,15-22H2,1H3/t26-,27?/m0/s1. The Labute approximate surface area is 184 Å². The van der Waals surface area contributed by atoms with Gasteiger partial charge in [0.05, 0.1) is 0 Å². The third-order valence-corrected chi connectivity index (χ3v) is 6.46. The van der Waals surface area contributed by atoms with Crippen LogP contribution in [0.1, 0.15) is 49.7 Å². The van der Waals surface area contributed by atoms with Crippen molar-refractivity contribution >= 4 is 0 Å². The molecule has 0 radical (unpaired) electrons. The Morgan fingerprint density at radius 2 is 1.43 bits per heavy atom. The first kappa shape index (κ1) is 23.0. The average molecular weight is 408 g/mol. The summed E-state index contributed by atoms with van der Waals surface area (Å²) in [4.78, 5) is 0. The maximum Gasteiger partial charge on any atom is 0.0233 e. The summed E-state index contributed by atoms with van der Waals surface area (Å²) in [5.74, 6) is 0.895. The number of benzene rings is 2. The van der Waals surface area contributed by atoms with E-state index in [9.17, 15) is 0 Å². The van der Waals surface area contributed by atoms with E-state index in [0.717, 1.165) is 38.4 Å². The molecule has 1 aliphatic rings. The Morgan fingerprint density at radius 3 is 2.10 bits per heavy atom. The molecular weight excluding hydrogens is 366 g/mol. The Balaban J connectivity index is 1.52. The van der Waals surface area contributed by atoms with Gasteiger partial charge >= 0.3 is 0 Å². The maximum atomic E-state index is 3.89. The summed E-state index contributed by atoms with van der Waals surface area (Å²) in [5, 5.41) is 11.2. The average Bonchev–Trinajstić information content (AvgIpc) is 2.79. The molecule has 30 heavy (non-hydrogen) atoms. The van der Waals surface area contributed by atoms with Gasteiger partial charge in [0.2, 0.25) is 0 Å². The second-order valence-electron chi connectivity index (χ2n) is 8.98. The fourth-order valence-electron chi connectivity index (χ4n) is 4.80. The lowest BCUT2D eigenvalue weighted by atomic mass is 9.84. The summed E-state index contributed by atoms with van der Waals surface area (Å²) in [6.07, 6.45) is 10.6. The van der Waals surface area contributed by atoms with Gasteiger partial charge in [-0.25, -0.2) is 0 Å². The van der Waals surface area contributed by atoms with Crippen LogP contribution < -0.4 is 16.0 Å². The van der Waals surface area contributed by atoms with Gasteiger partial charge in [-0.3, -0.25) is 0 Å². The minimum atomic E-state index is 0.460. The van der Waals surface area contributed by atoms with Crippen LogP contribution in [0.15, 0.2) is 60.7 Å². The Kier molecular flexibility index (Phi) is 10.4. The van der Waals surface area contributed by atoms with Gasteiger partial charge in [-0.15, -0.1) is 0 Å². The Bertz CT molecular complexity index is 667. The molecule has 0 amide bonds. The summed E-state index contributed by atoms with van der Waals surface area (Å²) in [5.41, 5.74) is 2.83. The fraction of sp³-hybridized carbons (Fsp3) is 0.556. The number of rotatable bonds is 13. The van der Waals surface area contributed by atoms with Crippen LogP contribution in [0.5, 0.6) is 0 Å². The summed E-state index contributed by atoms with van der Waals surface area (Å²) in [6, 6.07) is 22.7. The monoisotopic (exact) mass is 407 g/mol. The van der Waals surface area contributed by atoms with Crippen molar-refractivity contribution in [3.63, 3.8) is 0 Å². The summed E-state index contributed by atoms with van der Waals surface area (Å²) >= 11 is 0. The van der Waals surface area contributed by atoms with Crippen molar-refractivity contribution in [2.45, 2.75) is 63.5 Å². The van der Waals surface area contributed by atoms with E-state index in [1.165, 1.54) is 49.7 Å². The van der Waals surface area contributed by atoms with Gasteiger partial charge in [-0.1, -0.05) is 92.8 Å². The largest absolute Gasteiger partial charge is 0.318 e. The fourth-order valence-corrected chi connectivity index (χ4v) is 4.80. The van der Waals surface area contributed by atoms with Gasteiger partial charge < -0.3 is 16.0 Å². The van der Waals surface area contributed by atoms with E-state index in [-0.39, 0.29) is 0 Å². The van der Waals surface area contributed by atoms with Crippen LogP contribution in [0.25, 0.3) is 0 Å². The highest BCUT2D eigenvalue weighted by Gasteiger charge is 2.20. The Morgan fingerprint density at radius 1 is 0.767 bits per heavy atom. The van der Waals surface area contributed by atoms with E-state index in [2.05, 4.69) is 83.7 Å². The molecule has 2 aromatic carbocycles. The summed E-state index contributed by atoms with van der Waals surface area (Å²) in [7, 11) is 2.05. The smallest absolute Gasteiger partial charge is 0.0233 e. The van der Waals surface area contributed by atoms with Gasteiger partial charge in [0, 0.05) is 25.2 Å². The molecular formula is C27H41N3. The lowest BCUT2D eigenvalue weighted by Gasteiger charge is -2.29. The molecule has 0 aromatic heterocycles. The molecule has 0 saturated heterocycles. The van der Waals surface area contributed by atoms with E-state index in [0.29, 0.717) is 12.1 Å². The van der Waals surface area contributed by atoms with E-state index in [4.69, 9.17) is 0 Å². The number of hydrogen-bond donors (Lipinski definition) is 3. The summed E-state index contributed by atoms with van der Waals surface area (Å²) in [6.45, 7) is 3.10. The third-order valence-electron chi connectivity index (χ3n) is 6.46. The molecule has 0 bridgehead atoms. The van der Waals surface area contributed by atoms with Crippen molar-refractivity contribution in [2.75, 3.05) is 26.7 Å². The van der Waals surface area contributed by atoms with Crippen molar-refractivity contribution in [2.24, 2.45) is 5.92 Å². The molecule has 2 aromatic rings. The maximum absolute atomic E-state index is 3.89. The van der Waals surface area contributed by atoms with Crippen LogP contribution in [-0.4, -0.2) is 38.8 Å². The third kappa shape index (κ3) is 8.59. The topological polar surface area (TPSA) is 36.1 Å². The van der Waals surface area contributed by atoms with Crippen LogP contribution in [0.2, 0.25) is 0 Å². The molecule has 1 unspecified atom stereocenters. The second kappa shape index (κ2) is 13.6. The van der Waals surface area contributed by atoms with Crippen molar-refractivity contribution in [3.05, 3.63) is 71.8 Å². The van der Waals surface area contributed by atoms with Crippen molar-refractivity contribution in [1.82, 2.24) is 16.0 Å².